The highest BCUT2D eigenvalue weighted by Crippen LogP contribution is 2.33. The number of nitrogens with one attached hydrogen (secondary N) is 1. The summed E-state index contributed by atoms with van der Waals surface area (Å²) in [6.07, 6.45) is -1.17. The average Bonchev–Trinajstić information content (AvgIpc) is 2.42. The van der Waals surface area contributed by atoms with Gasteiger partial charge in [0, 0.05) is 6.54 Å². The third kappa shape index (κ3) is 0.771. The van der Waals surface area contributed by atoms with Crippen molar-refractivity contribution in [2.75, 3.05) is 13.2 Å². The molecule has 0 amide bonds. The van der Waals surface area contributed by atoms with Gasteiger partial charge in [-0.3, -0.25) is 0 Å². The number of nitrogens with two attached hydrogens (primary N) is 1. The molecule has 0 spiro atoms. The zero-order valence-electron chi connectivity index (χ0n) is 6.03. The zero-order chi connectivity index (χ0) is 8.06. The smallest absolute Gasteiger partial charge is 0.133 e. The first-order valence-corrected chi connectivity index (χ1v) is 3.65. The second-order valence-corrected chi connectivity index (χ2v) is 3.16. The minimum absolute atomic E-state index is 0.189. The number of rotatable bonds is 1. The fourth-order valence-electron chi connectivity index (χ4n) is 1.77. The van der Waals surface area contributed by atoms with E-state index in [-0.39, 0.29) is 12.6 Å². The molecule has 0 aromatic heterocycles. The van der Waals surface area contributed by atoms with Crippen molar-refractivity contribution in [2.45, 2.75) is 24.0 Å². The fraction of sp³-hybridized carbons (Fsp3) is 1.00. The Hall–Kier alpha value is -0.200. The Bertz CT molecular complexity index is 177. The molecule has 2 aliphatic heterocycles. The van der Waals surface area contributed by atoms with Gasteiger partial charge in [0.05, 0.1) is 12.6 Å². The molecule has 5 nitrogen and oxygen atoms in total. The first-order chi connectivity index (χ1) is 5.19. The van der Waals surface area contributed by atoms with E-state index < -0.39 is 17.9 Å². The van der Waals surface area contributed by atoms with Crippen LogP contribution >= 0.6 is 0 Å². The molecule has 2 rings (SSSR count). The highest BCUT2D eigenvalue weighted by molar-refractivity contribution is 5.11. The maximum atomic E-state index is 9.52. The van der Waals surface area contributed by atoms with Gasteiger partial charge < -0.3 is 26.0 Å². The molecule has 2 bridgehead atoms. The van der Waals surface area contributed by atoms with Crippen LogP contribution in [0.3, 0.4) is 0 Å². The second kappa shape index (κ2) is 2.15. The van der Waals surface area contributed by atoms with Gasteiger partial charge in [-0.15, -0.1) is 0 Å². The third-order valence-electron chi connectivity index (χ3n) is 2.51. The SMILES string of the molecule is N[C@@H]1O[C@@]2(CO)CNC1C2O. The van der Waals surface area contributed by atoms with E-state index >= 15 is 0 Å². The third-order valence-corrected chi connectivity index (χ3v) is 2.51. The number of hydrogen-bond donors (Lipinski definition) is 4. The van der Waals surface area contributed by atoms with Crippen LogP contribution in [0, 0.1) is 0 Å². The quantitative estimate of drug-likeness (QED) is 0.337. The molecule has 0 radical (unpaired) electrons. The van der Waals surface area contributed by atoms with Crippen LogP contribution in [0.15, 0.2) is 0 Å². The molecule has 0 saturated carbocycles. The summed E-state index contributed by atoms with van der Waals surface area (Å²) in [6, 6.07) is -0.220. The van der Waals surface area contributed by atoms with E-state index in [1.807, 2.05) is 0 Å². The molecule has 5 heteroatoms. The van der Waals surface area contributed by atoms with Crippen molar-refractivity contribution in [1.82, 2.24) is 5.32 Å². The Kier molecular flexibility index (Phi) is 1.45. The topological polar surface area (TPSA) is 87.7 Å². The van der Waals surface area contributed by atoms with Crippen molar-refractivity contribution in [3.8, 4) is 0 Å². The number of aliphatic hydroxyl groups excluding tert-OH is 2. The van der Waals surface area contributed by atoms with Crippen LogP contribution in [0.1, 0.15) is 0 Å². The highest BCUT2D eigenvalue weighted by Gasteiger charge is 2.58. The van der Waals surface area contributed by atoms with E-state index in [0.717, 1.165) is 0 Å². The molecule has 0 aliphatic carbocycles. The van der Waals surface area contributed by atoms with Crippen molar-refractivity contribution in [3.05, 3.63) is 0 Å². The van der Waals surface area contributed by atoms with Crippen molar-refractivity contribution in [2.24, 2.45) is 5.73 Å². The lowest BCUT2D eigenvalue weighted by molar-refractivity contribution is -0.107. The lowest BCUT2D eigenvalue weighted by Gasteiger charge is -2.27. The van der Waals surface area contributed by atoms with Gasteiger partial charge in [-0.05, 0) is 0 Å². The average molecular weight is 160 g/mol. The number of aliphatic hydroxyl groups is 2. The van der Waals surface area contributed by atoms with Crippen molar-refractivity contribution < 1.29 is 14.9 Å². The number of ether oxygens (including phenoxy) is 1. The number of morpholine rings is 1. The van der Waals surface area contributed by atoms with Gasteiger partial charge in [0.25, 0.3) is 0 Å². The van der Waals surface area contributed by atoms with Crippen molar-refractivity contribution >= 4 is 0 Å². The number of hydrogen-bond acceptors (Lipinski definition) is 5. The zero-order valence-corrected chi connectivity index (χ0v) is 6.03. The van der Waals surface area contributed by atoms with Gasteiger partial charge in [0.1, 0.15) is 17.9 Å². The summed E-state index contributed by atoms with van der Waals surface area (Å²) in [4.78, 5) is 0. The minimum Gasteiger partial charge on any atom is -0.393 e. The fourth-order valence-corrected chi connectivity index (χ4v) is 1.77. The lowest BCUT2D eigenvalue weighted by atomic mass is 10.0. The Balaban J connectivity index is 2.24. The Morgan fingerprint density at radius 3 is 2.73 bits per heavy atom. The predicted molar refractivity (Wildman–Crippen MR) is 36.7 cm³/mol. The first kappa shape index (κ1) is 7.45. The summed E-state index contributed by atoms with van der Waals surface area (Å²) >= 11 is 0. The maximum absolute atomic E-state index is 9.52. The summed E-state index contributed by atoms with van der Waals surface area (Å²) in [5.41, 5.74) is 4.67. The van der Waals surface area contributed by atoms with Crippen LogP contribution in [0.2, 0.25) is 0 Å². The molecule has 2 unspecified atom stereocenters. The van der Waals surface area contributed by atoms with Gasteiger partial charge in [-0.2, -0.15) is 0 Å². The summed E-state index contributed by atoms with van der Waals surface area (Å²) in [6.45, 7) is 0.286. The van der Waals surface area contributed by atoms with Crippen LogP contribution in [0.25, 0.3) is 0 Å². The normalized spacial score (nSPS) is 55.4. The molecule has 0 aromatic rings. The summed E-state index contributed by atoms with van der Waals surface area (Å²) < 4.78 is 5.22. The largest absolute Gasteiger partial charge is 0.393 e. The van der Waals surface area contributed by atoms with Gasteiger partial charge in [0.15, 0.2) is 0 Å². The molecule has 2 saturated heterocycles. The molecule has 2 aliphatic rings. The number of fused-ring (bicyclic) bond motifs is 2. The van der Waals surface area contributed by atoms with Crippen molar-refractivity contribution in [1.29, 1.82) is 0 Å². The molecule has 5 N–H and O–H groups in total. The molecule has 2 heterocycles. The van der Waals surface area contributed by atoms with Gasteiger partial charge in [-0.25, -0.2) is 0 Å². The molecular formula is C6H12N2O3. The molecule has 4 atom stereocenters. The Morgan fingerprint density at radius 1 is 1.73 bits per heavy atom. The highest BCUT2D eigenvalue weighted by atomic mass is 16.6. The Labute approximate surface area is 64.1 Å². The monoisotopic (exact) mass is 160 g/mol. The maximum Gasteiger partial charge on any atom is 0.133 e. The predicted octanol–water partition coefficient (Wildman–Crippen LogP) is -2.63. The van der Waals surface area contributed by atoms with E-state index in [1.54, 1.807) is 0 Å². The van der Waals surface area contributed by atoms with E-state index in [1.165, 1.54) is 0 Å². The van der Waals surface area contributed by atoms with E-state index in [9.17, 15) is 5.11 Å². The molecule has 2 fully saturated rings. The molecule has 11 heavy (non-hydrogen) atoms. The van der Waals surface area contributed by atoms with Crippen LogP contribution in [0.4, 0.5) is 0 Å². The van der Waals surface area contributed by atoms with Crippen LogP contribution in [-0.4, -0.2) is 47.3 Å². The van der Waals surface area contributed by atoms with E-state index in [0.29, 0.717) is 6.54 Å². The van der Waals surface area contributed by atoms with Gasteiger partial charge in [0.2, 0.25) is 0 Å². The van der Waals surface area contributed by atoms with Gasteiger partial charge >= 0.3 is 0 Å². The minimum atomic E-state index is -0.843. The standard InChI is InChI=1S/C6H12N2O3/c7-5-3-4(10)6(2-9,11-5)1-8-3/h3-5,8-10H,1-2,7H2/t3?,4?,5-,6-/m1/s1. The van der Waals surface area contributed by atoms with Crippen LogP contribution in [0.5, 0.6) is 0 Å². The van der Waals surface area contributed by atoms with Crippen LogP contribution in [-0.2, 0) is 4.74 Å². The van der Waals surface area contributed by atoms with E-state index in [2.05, 4.69) is 5.32 Å². The first-order valence-electron chi connectivity index (χ1n) is 3.65. The Morgan fingerprint density at radius 2 is 2.45 bits per heavy atom. The second-order valence-electron chi connectivity index (χ2n) is 3.16. The molecule has 0 aromatic carbocycles. The molecule has 64 valence electrons. The summed E-state index contributed by atoms with van der Waals surface area (Å²) in [7, 11) is 0. The van der Waals surface area contributed by atoms with Gasteiger partial charge in [-0.1, -0.05) is 0 Å². The summed E-state index contributed by atoms with van der Waals surface area (Å²) in [5, 5.41) is 21.5. The van der Waals surface area contributed by atoms with Crippen molar-refractivity contribution in [3.63, 3.8) is 0 Å². The lowest BCUT2D eigenvalue weighted by Crippen LogP contribution is -2.50. The molecular weight excluding hydrogens is 148 g/mol. The summed E-state index contributed by atoms with van der Waals surface area (Å²) in [5.74, 6) is 0. The van der Waals surface area contributed by atoms with Crippen LogP contribution < -0.4 is 11.1 Å². The van der Waals surface area contributed by atoms with E-state index in [4.69, 9.17) is 15.6 Å².